The largest absolute Gasteiger partial charge is 0.497 e. The number of nitrogens with two attached hydrogens (primary N) is 2. The van der Waals surface area contributed by atoms with Crippen molar-refractivity contribution in [3.05, 3.63) is 29.8 Å². The first-order chi connectivity index (χ1) is 8.10. The summed E-state index contributed by atoms with van der Waals surface area (Å²) in [5, 5.41) is 0. The van der Waals surface area contributed by atoms with E-state index in [9.17, 15) is 0 Å². The summed E-state index contributed by atoms with van der Waals surface area (Å²) in [5.74, 6) is 1.35. The molecule has 2 rings (SSSR count). The number of nitrogens with zero attached hydrogens (tertiary/aromatic N) is 2. The molecular weight excluding hydrogens is 216 g/mol. The van der Waals surface area contributed by atoms with Gasteiger partial charge >= 0.3 is 0 Å². The average molecular weight is 230 g/mol. The summed E-state index contributed by atoms with van der Waals surface area (Å²) in [4.78, 5) is 8.01. The van der Waals surface area contributed by atoms with Gasteiger partial charge in [-0.3, -0.25) is 0 Å². The maximum atomic E-state index is 5.65. The van der Waals surface area contributed by atoms with Crippen LogP contribution in [-0.4, -0.2) is 17.1 Å². The molecule has 0 saturated carbocycles. The summed E-state index contributed by atoms with van der Waals surface area (Å²) in [6.45, 7) is 1.98. The highest BCUT2D eigenvalue weighted by Crippen LogP contribution is 2.26. The Morgan fingerprint density at radius 3 is 2.47 bits per heavy atom. The first-order valence-electron chi connectivity index (χ1n) is 5.15. The molecule has 88 valence electrons. The molecule has 2 aromatic rings. The zero-order valence-corrected chi connectivity index (χ0v) is 9.77. The molecule has 0 bridgehead atoms. The van der Waals surface area contributed by atoms with E-state index in [1.54, 1.807) is 13.2 Å². The van der Waals surface area contributed by atoms with Crippen molar-refractivity contribution in [2.24, 2.45) is 0 Å². The number of methoxy groups -OCH3 is 1. The van der Waals surface area contributed by atoms with Crippen molar-refractivity contribution >= 4 is 11.8 Å². The number of hydrogen-bond acceptors (Lipinski definition) is 5. The molecule has 0 spiro atoms. The predicted molar refractivity (Wildman–Crippen MR) is 67.6 cm³/mol. The molecule has 0 amide bonds. The summed E-state index contributed by atoms with van der Waals surface area (Å²) in [7, 11) is 1.63. The lowest BCUT2D eigenvalue weighted by molar-refractivity contribution is 0.414. The number of aromatic nitrogens is 2. The van der Waals surface area contributed by atoms with Gasteiger partial charge in [-0.15, -0.1) is 0 Å². The van der Waals surface area contributed by atoms with Crippen LogP contribution in [0.15, 0.2) is 24.3 Å². The lowest BCUT2D eigenvalue weighted by Crippen LogP contribution is -2.01. The fourth-order valence-electron chi connectivity index (χ4n) is 1.67. The van der Waals surface area contributed by atoms with Gasteiger partial charge in [-0.1, -0.05) is 0 Å². The maximum Gasteiger partial charge on any atom is 0.222 e. The molecule has 0 fully saturated rings. The lowest BCUT2D eigenvalue weighted by Gasteiger charge is -2.08. The molecule has 5 heteroatoms. The number of anilines is 2. The van der Waals surface area contributed by atoms with Crippen LogP contribution in [-0.2, 0) is 0 Å². The van der Waals surface area contributed by atoms with Crippen LogP contribution >= 0.6 is 0 Å². The second kappa shape index (κ2) is 4.29. The summed E-state index contributed by atoms with van der Waals surface area (Å²) >= 11 is 0. The van der Waals surface area contributed by atoms with Crippen molar-refractivity contribution in [1.29, 1.82) is 0 Å². The van der Waals surface area contributed by atoms with E-state index in [-0.39, 0.29) is 5.95 Å². The summed E-state index contributed by atoms with van der Waals surface area (Å²) in [6.07, 6.45) is 0. The van der Waals surface area contributed by atoms with Gasteiger partial charge in [-0.05, 0) is 30.7 Å². The highest BCUT2D eigenvalue weighted by Gasteiger charge is 2.07. The van der Waals surface area contributed by atoms with Gasteiger partial charge in [-0.2, -0.15) is 4.98 Å². The Bertz CT molecular complexity index is 534. The standard InChI is InChI=1S/C12H14N4O/c1-7-5-8(17-2)3-4-9(7)10-6-11(13)16-12(14)15-10/h3-6H,1-2H3,(H4,13,14,15,16). The summed E-state index contributed by atoms with van der Waals surface area (Å²) < 4.78 is 5.15. The second-order valence-electron chi connectivity index (χ2n) is 3.72. The molecule has 4 N–H and O–H groups in total. The minimum atomic E-state index is 0.176. The van der Waals surface area contributed by atoms with Crippen molar-refractivity contribution in [3.8, 4) is 17.0 Å². The van der Waals surface area contributed by atoms with E-state index in [4.69, 9.17) is 16.2 Å². The van der Waals surface area contributed by atoms with E-state index >= 15 is 0 Å². The minimum Gasteiger partial charge on any atom is -0.497 e. The Balaban J connectivity index is 2.52. The summed E-state index contributed by atoms with van der Waals surface area (Å²) in [6, 6.07) is 7.43. The molecular formula is C12H14N4O. The molecule has 0 atom stereocenters. The van der Waals surface area contributed by atoms with E-state index in [2.05, 4.69) is 9.97 Å². The topological polar surface area (TPSA) is 87.0 Å². The fourth-order valence-corrected chi connectivity index (χ4v) is 1.67. The third-order valence-corrected chi connectivity index (χ3v) is 2.47. The van der Waals surface area contributed by atoms with Crippen LogP contribution in [0, 0.1) is 6.92 Å². The first-order valence-corrected chi connectivity index (χ1v) is 5.15. The third-order valence-electron chi connectivity index (χ3n) is 2.47. The number of hydrogen-bond donors (Lipinski definition) is 2. The zero-order valence-electron chi connectivity index (χ0n) is 9.77. The first kappa shape index (κ1) is 11.2. The Labute approximate surface area is 99.5 Å². The van der Waals surface area contributed by atoms with Gasteiger partial charge in [0.25, 0.3) is 0 Å². The molecule has 0 saturated heterocycles. The SMILES string of the molecule is COc1ccc(-c2cc(N)nc(N)n2)c(C)c1. The van der Waals surface area contributed by atoms with E-state index in [1.165, 1.54) is 0 Å². The van der Waals surface area contributed by atoms with Crippen LogP contribution in [0.25, 0.3) is 11.3 Å². The van der Waals surface area contributed by atoms with Crippen LogP contribution in [0.2, 0.25) is 0 Å². The quantitative estimate of drug-likeness (QED) is 0.818. The van der Waals surface area contributed by atoms with Crippen molar-refractivity contribution in [2.45, 2.75) is 6.92 Å². The Morgan fingerprint density at radius 1 is 1.12 bits per heavy atom. The van der Waals surface area contributed by atoms with Crippen molar-refractivity contribution in [2.75, 3.05) is 18.6 Å². The molecule has 1 aromatic carbocycles. The van der Waals surface area contributed by atoms with Gasteiger partial charge < -0.3 is 16.2 Å². The predicted octanol–water partition coefficient (Wildman–Crippen LogP) is 1.63. The van der Waals surface area contributed by atoms with Gasteiger partial charge in [0.2, 0.25) is 5.95 Å². The van der Waals surface area contributed by atoms with Gasteiger partial charge in [-0.25, -0.2) is 4.98 Å². The van der Waals surface area contributed by atoms with Crippen LogP contribution < -0.4 is 16.2 Å². The monoisotopic (exact) mass is 230 g/mol. The summed E-state index contributed by atoms with van der Waals surface area (Å²) in [5.41, 5.74) is 13.9. The van der Waals surface area contributed by atoms with Crippen LogP contribution in [0.4, 0.5) is 11.8 Å². The maximum absolute atomic E-state index is 5.65. The van der Waals surface area contributed by atoms with E-state index in [1.807, 2.05) is 25.1 Å². The van der Waals surface area contributed by atoms with Crippen molar-refractivity contribution < 1.29 is 4.74 Å². The Hall–Kier alpha value is -2.30. The van der Waals surface area contributed by atoms with Crippen molar-refractivity contribution in [3.63, 3.8) is 0 Å². The average Bonchev–Trinajstić information content (AvgIpc) is 2.27. The van der Waals surface area contributed by atoms with Gasteiger partial charge in [0.05, 0.1) is 12.8 Å². The number of benzene rings is 1. The Morgan fingerprint density at radius 2 is 1.88 bits per heavy atom. The van der Waals surface area contributed by atoms with E-state index in [0.717, 1.165) is 22.6 Å². The van der Waals surface area contributed by atoms with Gasteiger partial charge in [0, 0.05) is 11.6 Å². The molecule has 0 aliphatic rings. The molecule has 0 unspecified atom stereocenters. The van der Waals surface area contributed by atoms with Gasteiger partial charge in [0.1, 0.15) is 11.6 Å². The molecule has 0 aliphatic heterocycles. The Kier molecular flexibility index (Phi) is 2.82. The molecule has 5 nitrogen and oxygen atoms in total. The molecule has 0 aliphatic carbocycles. The molecule has 0 radical (unpaired) electrons. The van der Waals surface area contributed by atoms with E-state index < -0.39 is 0 Å². The van der Waals surface area contributed by atoms with Gasteiger partial charge in [0.15, 0.2) is 0 Å². The molecule has 1 aromatic heterocycles. The third kappa shape index (κ3) is 2.28. The number of nitrogen functional groups attached to an aromatic ring is 2. The number of ether oxygens (including phenoxy) is 1. The highest BCUT2D eigenvalue weighted by molar-refractivity contribution is 5.67. The molecule has 17 heavy (non-hydrogen) atoms. The number of rotatable bonds is 2. The second-order valence-corrected chi connectivity index (χ2v) is 3.72. The van der Waals surface area contributed by atoms with Crippen LogP contribution in [0.5, 0.6) is 5.75 Å². The van der Waals surface area contributed by atoms with E-state index in [0.29, 0.717) is 5.82 Å². The zero-order chi connectivity index (χ0) is 12.4. The van der Waals surface area contributed by atoms with Crippen LogP contribution in [0.1, 0.15) is 5.56 Å². The normalized spacial score (nSPS) is 10.2. The molecule has 1 heterocycles. The smallest absolute Gasteiger partial charge is 0.222 e. The van der Waals surface area contributed by atoms with Crippen LogP contribution in [0.3, 0.4) is 0 Å². The highest BCUT2D eigenvalue weighted by atomic mass is 16.5. The lowest BCUT2D eigenvalue weighted by atomic mass is 10.1. The minimum absolute atomic E-state index is 0.176. The fraction of sp³-hybridized carbons (Fsp3) is 0.167. The van der Waals surface area contributed by atoms with Crippen molar-refractivity contribution in [1.82, 2.24) is 9.97 Å². The number of aryl methyl sites for hydroxylation is 1.